The van der Waals surface area contributed by atoms with Gasteiger partial charge in [-0.15, -0.1) is 0 Å². The lowest BCUT2D eigenvalue weighted by Gasteiger charge is -2.22. The molecule has 1 saturated carbocycles. The fourth-order valence-corrected chi connectivity index (χ4v) is 2.69. The number of ether oxygens (including phenoxy) is 1. The number of carbonyl (C=O) groups is 1. The van der Waals surface area contributed by atoms with Crippen LogP contribution in [0.15, 0.2) is 18.2 Å². The Kier molecular flexibility index (Phi) is 6.02. The summed E-state index contributed by atoms with van der Waals surface area (Å²) in [5.41, 5.74) is 4.78. The number of amides is 1. The number of carbonyl (C=O) groups excluding carboxylic acids is 1. The predicted molar refractivity (Wildman–Crippen MR) is 84.1 cm³/mol. The quantitative estimate of drug-likeness (QED) is 0.427. The van der Waals surface area contributed by atoms with Crippen LogP contribution in [0, 0.1) is 6.92 Å². The Labute approximate surface area is 126 Å². The first kappa shape index (κ1) is 15.8. The maximum absolute atomic E-state index is 12.2. The van der Waals surface area contributed by atoms with Gasteiger partial charge >= 0.3 is 0 Å². The third-order valence-electron chi connectivity index (χ3n) is 3.87. The van der Waals surface area contributed by atoms with E-state index in [1.807, 2.05) is 25.1 Å². The number of hydrazine groups is 1. The van der Waals surface area contributed by atoms with E-state index >= 15 is 0 Å². The van der Waals surface area contributed by atoms with Crippen molar-refractivity contribution in [1.29, 1.82) is 0 Å². The van der Waals surface area contributed by atoms with Crippen LogP contribution in [0.5, 0.6) is 0 Å². The fraction of sp³-hybridized carbons (Fsp3) is 0.562. The van der Waals surface area contributed by atoms with Gasteiger partial charge in [-0.25, -0.2) is 0 Å². The Morgan fingerprint density at radius 1 is 1.33 bits per heavy atom. The molecule has 1 fully saturated rings. The molecule has 5 heteroatoms. The Bertz CT molecular complexity index is 471. The van der Waals surface area contributed by atoms with Gasteiger partial charge in [0.05, 0.1) is 24.0 Å². The van der Waals surface area contributed by atoms with Gasteiger partial charge in [0.15, 0.2) is 0 Å². The molecule has 0 bridgehead atoms. The zero-order valence-corrected chi connectivity index (χ0v) is 12.7. The van der Waals surface area contributed by atoms with Crippen molar-refractivity contribution in [2.24, 2.45) is 5.84 Å². The number of benzene rings is 1. The lowest BCUT2D eigenvalue weighted by molar-refractivity contribution is 0.0299. The first-order valence-corrected chi connectivity index (χ1v) is 7.68. The van der Waals surface area contributed by atoms with Gasteiger partial charge in [-0.3, -0.25) is 10.6 Å². The van der Waals surface area contributed by atoms with Crippen LogP contribution in [0.2, 0.25) is 0 Å². The van der Waals surface area contributed by atoms with E-state index in [-0.39, 0.29) is 5.91 Å². The van der Waals surface area contributed by atoms with Crippen LogP contribution in [0.25, 0.3) is 0 Å². The summed E-state index contributed by atoms with van der Waals surface area (Å²) in [5, 5.41) is 2.88. The van der Waals surface area contributed by atoms with Crippen molar-refractivity contribution in [2.45, 2.75) is 45.1 Å². The van der Waals surface area contributed by atoms with Gasteiger partial charge in [0, 0.05) is 6.54 Å². The van der Waals surface area contributed by atoms with Crippen LogP contribution in [0.4, 0.5) is 5.69 Å². The van der Waals surface area contributed by atoms with Crippen LogP contribution < -0.4 is 16.6 Å². The van der Waals surface area contributed by atoms with Crippen LogP contribution in [-0.2, 0) is 4.74 Å². The lowest BCUT2D eigenvalue weighted by atomic mass is 9.98. The van der Waals surface area contributed by atoms with Crippen LogP contribution in [0.1, 0.15) is 48.0 Å². The molecule has 116 valence electrons. The fourth-order valence-electron chi connectivity index (χ4n) is 2.69. The number of anilines is 1. The van der Waals surface area contributed by atoms with E-state index in [9.17, 15) is 4.79 Å². The standard InChI is InChI=1S/C16H25N3O2/c1-12-7-8-15(19-17)14(11-12)16(20)18-9-10-21-13-5-3-2-4-6-13/h7-8,11,13,19H,2-6,9-10,17H2,1H3,(H,18,20). The maximum atomic E-state index is 12.2. The summed E-state index contributed by atoms with van der Waals surface area (Å²) in [4.78, 5) is 12.2. The first-order valence-electron chi connectivity index (χ1n) is 7.68. The molecule has 1 aromatic rings. The summed E-state index contributed by atoms with van der Waals surface area (Å²) >= 11 is 0. The zero-order valence-electron chi connectivity index (χ0n) is 12.7. The minimum absolute atomic E-state index is 0.126. The van der Waals surface area contributed by atoms with Gasteiger partial charge < -0.3 is 15.5 Å². The molecule has 0 aromatic heterocycles. The highest BCUT2D eigenvalue weighted by Crippen LogP contribution is 2.20. The average Bonchev–Trinajstić information content (AvgIpc) is 2.52. The van der Waals surface area contributed by atoms with Gasteiger partial charge in [0.1, 0.15) is 0 Å². The molecule has 0 saturated heterocycles. The van der Waals surface area contributed by atoms with Crippen LogP contribution in [-0.4, -0.2) is 25.2 Å². The molecule has 0 atom stereocenters. The van der Waals surface area contributed by atoms with E-state index in [0.29, 0.717) is 30.5 Å². The molecule has 4 N–H and O–H groups in total. The van der Waals surface area contributed by atoms with Crippen molar-refractivity contribution in [1.82, 2.24) is 5.32 Å². The predicted octanol–water partition coefficient (Wildman–Crippen LogP) is 2.36. The van der Waals surface area contributed by atoms with E-state index in [1.165, 1.54) is 19.3 Å². The SMILES string of the molecule is Cc1ccc(NN)c(C(=O)NCCOC2CCCCC2)c1. The Balaban J connectivity index is 1.77. The second-order valence-electron chi connectivity index (χ2n) is 5.58. The van der Waals surface area contributed by atoms with E-state index in [4.69, 9.17) is 10.6 Å². The molecule has 21 heavy (non-hydrogen) atoms. The molecule has 1 amide bonds. The van der Waals surface area contributed by atoms with Crippen LogP contribution in [0.3, 0.4) is 0 Å². The summed E-state index contributed by atoms with van der Waals surface area (Å²) in [7, 11) is 0. The smallest absolute Gasteiger partial charge is 0.253 e. The highest BCUT2D eigenvalue weighted by atomic mass is 16.5. The molecule has 0 heterocycles. The van der Waals surface area contributed by atoms with E-state index in [0.717, 1.165) is 18.4 Å². The Hall–Kier alpha value is -1.59. The summed E-state index contributed by atoms with van der Waals surface area (Å²) in [5.74, 6) is 5.31. The number of hydrogen-bond acceptors (Lipinski definition) is 4. The molecule has 0 radical (unpaired) electrons. The minimum atomic E-state index is -0.126. The third kappa shape index (κ3) is 4.72. The number of nitrogen functional groups attached to an aromatic ring is 1. The van der Waals surface area contributed by atoms with E-state index in [1.54, 1.807) is 0 Å². The van der Waals surface area contributed by atoms with Crippen LogP contribution >= 0.6 is 0 Å². The average molecular weight is 291 g/mol. The second kappa shape index (κ2) is 8.00. The van der Waals surface area contributed by atoms with Crippen molar-refractivity contribution in [3.05, 3.63) is 29.3 Å². The molecule has 0 spiro atoms. The highest BCUT2D eigenvalue weighted by molar-refractivity contribution is 5.99. The molecule has 5 nitrogen and oxygen atoms in total. The normalized spacial score (nSPS) is 15.7. The summed E-state index contributed by atoms with van der Waals surface area (Å²) in [6.07, 6.45) is 6.49. The van der Waals surface area contributed by atoms with Crippen molar-refractivity contribution in [2.75, 3.05) is 18.6 Å². The highest BCUT2D eigenvalue weighted by Gasteiger charge is 2.14. The molecule has 1 aliphatic carbocycles. The molecule has 0 unspecified atom stereocenters. The van der Waals surface area contributed by atoms with Crippen molar-refractivity contribution < 1.29 is 9.53 Å². The Morgan fingerprint density at radius 3 is 2.81 bits per heavy atom. The van der Waals surface area contributed by atoms with Gasteiger partial charge in [-0.2, -0.15) is 0 Å². The topological polar surface area (TPSA) is 76.4 Å². The molecule has 1 aliphatic rings. The summed E-state index contributed by atoms with van der Waals surface area (Å²) in [6, 6.07) is 5.55. The number of hydrogen-bond donors (Lipinski definition) is 3. The number of nitrogens with two attached hydrogens (primary N) is 1. The van der Waals surface area contributed by atoms with Gasteiger partial charge in [-0.05, 0) is 31.9 Å². The second-order valence-corrected chi connectivity index (χ2v) is 5.58. The number of aryl methyl sites for hydroxylation is 1. The summed E-state index contributed by atoms with van der Waals surface area (Å²) < 4.78 is 5.79. The van der Waals surface area contributed by atoms with Crippen molar-refractivity contribution in [3.63, 3.8) is 0 Å². The van der Waals surface area contributed by atoms with E-state index in [2.05, 4.69) is 10.7 Å². The van der Waals surface area contributed by atoms with Crippen molar-refractivity contribution in [3.8, 4) is 0 Å². The summed E-state index contributed by atoms with van der Waals surface area (Å²) in [6.45, 7) is 3.03. The van der Waals surface area contributed by atoms with Gasteiger partial charge in [0.25, 0.3) is 5.91 Å². The largest absolute Gasteiger partial charge is 0.376 e. The van der Waals surface area contributed by atoms with Crippen molar-refractivity contribution >= 4 is 11.6 Å². The molecular formula is C16H25N3O2. The third-order valence-corrected chi connectivity index (χ3v) is 3.87. The number of rotatable bonds is 6. The monoisotopic (exact) mass is 291 g/mol. The maximum Gasteiger partial charge on any atom is 0.253 e. The van der Waals surface area contributed by atoms with Gasteiger partial charge in [0.2, 0.25) is 0 Å². The lowest BCUT2D eigenvalue weighted by Crippen LogP contribution is -2.30. The Morgan fingerprint density at radius 2 is 2.10 bits per heavy atom. The molecule has 2 rings (SSSR count). The minimum Gasteiger partial charge on any atom is -0.376 e. The molecule has 0 aliphatic heterocycles. The zero-order chi connectivity index (χ0) is 15.1. The van der Waals surface area contributed by atoms with Gasteiger partial charge in [-0.1, -0.05) is 30.9 Å². The first-order chi connectivity index (χ1) is 10.2. The molecular weight excluding hydrogens is 266 g/mol. The molecule has 1 aromatic carbocycles. The van der Waals surface area contributed by atoms with E-state index < -0.39 is 0 Å². The number of nitrogens with one attached hydrogen (secondary N) is 2.